The second kappa shape index (κ2) is 7.18. The molecule has 0 saturated carbocycles. The number of allylic oxidation sites excluding steroid dienone is 1. The zero-order chi connectivity index (χ0) is 16.0. The zero-order valence-electron chi connectivity index (χ0n) is 11.5. The Bertz CT molecular complexity index is 583. The van der Waals surface area contributed by atoms with Gasteiger partial charge in [0.25, 0.3) is 11.6 Å². The zero-order valence-corrected chi connectivity index (χ0v) is 11.5. The van der Waals surface area contributed by atoms with Crippen molar-refractivity contribution in [2.75, 3.05) is 0 Å². The van der Waals surface area contributed by atoms with Crippen LogP contribution in [-0.2, 0) is 4.79 Å². The van der Waals surface area contributed by atoms with Crippen molar-refractivity contribution in [3.05, 3.63) is 52.1 Å². The van der Waals surface area contributed by atoms with E-state index in [0.29, 0.717) is 12.0 Å². The highest BCUT2D eigenvalue weighted by Gasteiger charge is 2.26. The predicted molar refractivity (Wildman–Crippen MR) is 76.2 cm³/mol. The van der Waals surface area contributed by atoms with Gasteiger partial charge in [-0.15, -0.1) is 6.58 Å². The number of amides is 1. The van der Waals surface area contributed by atoms with Crippen molar-refractivity contribution in [1.29, 1.82) is 0 Å². The number of rotatable bonds is 7. The van der Waals surface area contributed by atoms with Crippen LogP contribution in [0.3, 0.4) is 0 Å². The van der Waals surface area contributed by atoms with Crippen LogP contribution in [0.15, 0.2) is 30.9 Å². The number of carboxylic acids is 1. The number of nitro benzene ring substituents is 1. The molecule has 0 spiro atoms. The topological polar surface area (TPSA) is 110 Å². The normalized spacial score (nSPS) is 11.5. The summed E-state index contributed by atoms with van der Waals surface area (Å²) >= 11 is 0. The van der Waals surface area contributed by atoms with E-state index in [1.165, 1.54) is 31.2 Å². The number of para-hydroxylation sites is 1. The monoisotopic (exact) mass is 292 g/mol. The smallest absolute Gasteiger partial charge is 0.326 e. The number of carbonyl (C=O) groups excluding carboxylic acids is 1. The molecule has 1 rings (SSSR count). The molecule has 1 aromatic rings. The second-order valence-corrected chi connectivity index (χ2v) is 4.46. The van der Waals surface area contributed by atoms with Crippen molar-refractivity contribution in [2.24, 2.45) is 0 Å². The van der Waals surface area contributed by atoms with Crippen molar-refractivity contribution in [3.8, 4) is 0 Å². The molecular weight excluding hydrogens is 276 g/mol. The molecule has 7 nitrogen and oxygen atoms in total. The summed E-state index contributed by atoms with van der Waals surface area (Å²) in [5, 5.41) is 22.4. The van der Waals surface area contributed by atoms with E-state index in [4.69, 9.17) is 5.11 Å². The number of nitro groups is 1. The van der Waals surface area contributed by atoms with Crippen LogP contribution in [0.4, 0.5) is 5.69 Å². The molecule has 1 unspecified atom stereocenters. The average Bonchev–Trinajstić information content (AvgIpc) is 2.42. The molecule has 1 aromatic carbocycles. The Labute approximate surface area is 121 Å². The van der Waals surface area contributed by atoms with Gasteiger partial charge in [-0.2, -0.15) is 0 Å². The third-order valence-corrected chi connectivity index (χ3v) is 2.93. The summed E-state index contributed by atoms with van der Waals surface area (Å²) in [7, 11) is 0. The van der Waals surface area contributed by atoms with Gasteiger partial charge in [-0.3, -0.25) is 14.9 Å². The lowest BCUT2D eigenvalue weighted by Gasteiger charge is -2.14. The number of hydrogen-bond donors (Lipinski definition) is 2. The molecular formula is C14H16N2O5. The van der Waals surface area contributed by atoms with Gasteiger partial charge in [-0.1, -0.05) is 18.2 Å². The fourth-order valence-corrected chi connectivity index (χ4v) is 1.86. The minimum atomic E-state index is -1.19. The van der Waals surface area contributed by atoms with Crippen LogP contribution >= 0.6 is 0 Å². The third kappa shape index (κ3) is 4.13. The van der Waals surface area contributed by atoms with Crippen LogP contribution in [-0.4, -0.2) is 27.9 Å². The van der Waals surface area contributed by atoms with Gasteiger partial charge in [-0.25, -0.2) is 4.79 Å². The summed E-state index contributed by atoms with van der Waals surface area (Å²) in [6.45, 7) is 5.00. The quantitative estimate of drug-likeness (QED) is 0.454. The van der Waals surface area contributed by atoms with Crippen LogP contribution in [0, 0.1) is 17.0 Å². The van der Waals surface area contributed by atoms with Gasteiger partial charge in [-0.05, 0) is 25.8 Å². The molecule has 112 valence electrons. The first-order chi connectivity index (χ1) is 9.88. The minimum absolute atomic E-state index is 0.148. The van der Waals surface area contributed by atoms with E-state index >= 15 is 0 Å². The van der Waals surface area contributed by atoms with E-state index in [1.807, 2.05) is 0 Å². The van der Waals surface area contributed by atoms with E-state index in [9.17, 15) is 19.7 Å². The fraction of sp³-hybridized carbons (Fsp3) is 0.286. The third-order valence-electron chi connectivity index (χ3n) is 2.93. The molecule has 21 heavy (non-hydrogen) atoms. The summed E-state index contributed by atoms with van der Waals surface area (Å²) in [4.78, 5) is 33.6. The number of hydrogen-bond acceptors (Lipinski definition) is 4. The molecule has 1 atom stereocenters. The van der Waals surface area contributed by atoms with Crippen molar-refractivity contribution >= 4 is 17.6 Å². The fourth-order valence-electron chi connectivity index (χ4n) is 1.86. The molecule has 7 heteroatoms. The van der Waals surface area contributed by atoms with Crippen LogP contribution in [0.5, 0.6) is 0 Å². The predicted octanol–water partition coefficient (Wildman–Crippen LogP) is 2.05. The maximum atomic E-state index is 12.1. The van der Waals surface area contributed by atoms with Crippen LogP contribution < -0.4 is 5.32 Å². The summed E-state index contributed by atoms with van der Waals surface area (Å²) < 4.78 is 0. The molecule has 0 bridgehead atoms. The van der Waals surface area contributed by atoms with Crippen LogP contribution in [0.1, 0.15) is 28.8 Å². The van der Waals surface area contributed by atoms with Crippen molar-refractivity contribution in [1.82, 2.24) is 5.32 Å². The average molecular weight is 292 g/mol. The molecule has 0 heterocycles. The van der Waals surface area contributed by atoms with Crippen molar-refractivity contribution in [2.45, 2.75) is 25.8 Å². The lowest BCUT2D eigenvalue weighted by molar-refractivity contribution is -0.385. The molecule has 0 radical (unpaired) electrons. The maximum Gasteiger partial charge on any atom is 0.326 e. The lowest BCUT2D eigenvalue weighted by Crippen LogP contribution is -2.40. The number of benzene rings is 1. The van der Waals surface area contributed by atoms with E-state index in [2.05, 4.69) is 11.9 Å². The molecule has 0 fully saturated rings. The van der Waals surface area contributed by atoms with Crippen molar-refractivity contribution < 1.29 is 19.6 Å². The SMILES string of the molecule is C=CCCC(NC(=O)c1cccc(C)c1[N+](=O)[O-])C(=O)O. The molecule has 0 aliphatic carbocycles. The first kappa shape index (κ1) is 16.4. The summed E-state index contributed by atoms with van der Waals surface area (Å²) in [5.41, 5.74) is -0.127. The molecule has 1 amide bonds. The van der Waals surface area contributed by atoms with E-state index in [0.717, 1.165) is 0 Å². The van der Waals surface area contributed by atoms with Crippen LogP contribution in [0.25, 0.3) is 0 Å². The highest BCUT2D eigenvalue weighted by atomic mass is 16.6. The Morgan fingerprint density at radius 3 is 2.71 bits per heavy atom. The Morgan fingerprint density at radius 1 is 1.52 bits per heavy atom. The first-order valence-electron chi connectivity index (χ1n) is 6.27. The number of nitrogens with one attached hydrogen (secondary N) is 1. The summed E-state index contributed by atoms with van der Waals surface area (Å²) in [6.07, 6.45) is 2.12. The van der Waals surface area contributed by atoms with Gasteiger partial charge in [0.1, 0.15) is 11.6 Å². The lowest BCUT2D eigenvalue weighted by atomic mass is 10.1. The number of carbonyl (C=O) groups is 2. The largest absolute Gasteiger partial charge is 0.480 e. The van der Waals surface area contributed by atoms with E-state index < -0.39 is 22.8 Å². The number of carboxylic acid groups (broad SMARTS) is 1. The molecule has 0 aliphatic rings. The van der Waals surface area contributed by atoms with Crippen LogP contribution in [0.2, 0.25) is 0 Å². The molecule has 2 N–H and O–H groups in total. The Hall–Kier alpha value is -2.70. The Morgan fingerprint density at radius 2 is 2.19 bits per heavy atom. The Kier molecular flexibility index (Phi) is 5.59. The highest BCUT2D eigenvalue weighted by Crippen LogP contribution is 2.23. The number of aryl methyl sites for hydroxylation is 1. The first-order valence-corrected chi connectivity index (χ1v) is 6.27. The molecule has 0 aromatic heterocycles. The summed E-state index contributed by atoms with van der Waals surface area (Å²) in [5.74, 6) is -1.97. The maximum absolute atomic E-state index is 12.1. The van der Waals surface area contributed by atoms with Gasteiger partial charge in [0.15, 0.2) is 0 Å². The Balaban J connectivity index is 3.03. The van der Waals surface area contributed by atoms with Gasteiger partial charge in [0, 0.05) is 5.56 Å². The number of nitrogens with zero attached hydrogens (tertiary/aromatic N) is 1. The van der Waals surface area contributed by atoms with Crippen molar-refractivity contribution in [3.63, 3.8) is 0 Å². The second-order valence-electron chi connectivity index (χ2n) is 4.46. The van der Waals surface area contributed by atoms with E-state index in [-0.39, 0.29) is 17.7 Å². The summed E-state index contributed by atoms with van der Waals surface area (Å²) in [6, 6.07) is 3.21. The number of aliphatic carboxylic acids is 1. The molecule has 0 aliphatic heterocycles. The standard InChI is InChI=1S/C14H16N2O5/c1-3-4-8-11(14(18)19)15-13(17)10-7-5-6-9(2)12(10)16(20)21/h3,5-7,11H,1,4,8H2,2H3,(H,15,17)(H,18,19). The van der Waals surface area contributed by atoms with Gasteiger partial charge in [0.05, 0.1) is 4.92 Å². The van der Waals surface area contributed by atoms with E-state index in [1.54, 1.807) is 0 Å². The van der Waals surface area contributed by atoms with Gasteiger partial charge in [0.2, 0.25) is 0 Å². The van der Waals surface area contributed by atoms with Gasteiger partial charge < -0.3 is 10.4 Å². The van der Waals surface area contributed by atoms with Gasteiger partial charge >= 0.3 is 5.97 Å². The molecule has 0 saturated heterocycles. The minimum Gasteiger partial charge on any atom is -0.480 e. The highest BCUT2D eigenvalue weighted by molar-refractivity contribution is 6.00.